The minimum absolute atomic E-state index is 0.182. The van der Waals surface area contributed by atoms with Crippen molar-refractivity contribution < 1.29 is 14.3 Å². The second-order valence-electron chi connectivity index (χ2n) is 7.55. The minimum atomic E-state index is -0.671. The van der Waals surface area contributed by atoms with Crippen LogP contribution in [0, 0.1) is 0 Å². The van der Waals surface area contributed by atoms with Crippen LogP contribution in [0.1, 0.15) is 58.9 Å². The summed E-state index contributed by atoms with van der Waals surface area (Å²) >= 11 is 0. The number of hydrogen-bond acceptors (Lipinski definition) is 4. The molecule has 0 aliphatic heterocycles. The number of esters is 1. The lowest BCUT2D eigenvalue weighted by Crippen LogP contribution is -2.43. The normalized spacial score (nSPS) is 17.3. The van der Waals surface area contributed by atoms with Crippen molar-refractivity contribution in [3.05, 3.63) is 35.9 Å². The highest BCUT2D eigenvalue weighted by Gasteiger charge is 2.44. The molecule has 138 valence electrons. The molecule has 1 fully saturated rings. The Morgan fingerprint density at radius 3 is 2.16 bits per heavy atom. The van der Waals surface area contributed by atoms with Crippen LogP contribution in [0.25, 0.3) is 0 Å². The van der Waals surface area contributed by atoms with Gasteiger partial charge in [-0.15, -0.1) is 0 Å². The summed E-state index contributed by atoms with van der Waals surface area (Å²) in [6.45, 7) is 9.72. The molecule has 1 aromatic carbocycles. The molecule has 2 rings (SSSR count). The van der Waals surface area contributed by atoms with Crippen LogP contribution >= 0.6 is 0 Å². The average molecular weight is 345 g/mol. The third kappa shape index (κ3) is 4.69. The minimum Gasteiger partial charge on any atom is -0.464 e. The summed E-state index contributed by atoms with van der Waals surface area (Å²) in [5, 5.41) is 0. The number of benzene rings is 1. The molecule has 0 unspecified atom stereocenters. The Hall–Kier alpha value is -1.68. The summed E-state index contributed by atoms with van der Waals surface area (Å²) in [5.74, 6) is 0.0591. The Morgan fingerprint density at radius 2 is 1.64 bits per heavy atom. The van der Waals surface area contributed by atoms with Gasteiger partial charge in [0.25, 0.3) is 0 Å². The summed E-state index contributed by atoms with van der Waals surface area (Å²) < 4.78 is 5.71. The Kier molecular flexibility index (Phi) is 6.77. The molecule has 0 heterocycles. The number of Topliss-reactive ketones (excluding diaryl/α,β-unsaturated/α-hetero) is 1. The van der Waals surface area contributed by atoms with Gasteiger partial charge in [-0.25, -0.2) is 0 Å². The first-order valence-corrected chi connectivity index (χ1v) is 9.37. The van der Waals surface area contributed by atoms with Crippen LogP contribution in [0.4, 0.5) is 0 Å². The van der Waals surface area contributed by atoms with Crippen molar-refractivity contribution in [3.63, 3.8) is 0 Å². The zero-order chi connectivity index (χ0) is 18.4. The third-order valence-electron chi connectivity index (χ3n) is 5.29. The molecule has 0 spiro atoms. The van der Waals surface area contributed by atoms with Crippen molar-refractivity contribution in [3.8, 4) is 0 Å². The van der Waals surface area contributed by atoms with Crippen LogP contribution in [0.2, 0.25) is 0 Å². The Bertz CT molecular complexity index is 562. The predicted octanol–water partition coefficient (Wildman–Crippen LogP) is 3.73. The molecular formula is C21H31NO3. The van der Waals surface area contributed by atoms with Gasteiger partial charge < -0.3 is 4.74 Å². The fourth-order valence-corrected chi connectivity index (χ4v) is 3.82. The van der Waals surface area contributed by atoms with E-state index < -0.39 is 5.41 Å². The molecule has 0 radical (unpaired) electrons. The summed E-state index contributed by atoms with van der Waals surface area (Å²) in [4.78, 5) is 27.0. The van der Waals surface area contributed by atoms with Crippen molar-refractivity contribution >= 4 is 11.8 Å². The monoisotopic (exact) mass is 345 g/mol. The van der Waals surface area contributed by atoms with Crippen LogP contribution in [0.3, 0.4) is 0 Å². The zero-order valence-electron chi connectivity index (χ0n) is 16.0. The topological polar surface area (TPSA) is 46.6 Å². The van der Waals surface area contributed by atoms with Gasteiger partial charge in [-0.1, -0.05) is 30.3 Å². The van der Waals surface area contributed by atoms with Crippen molar-refractivity contribution in [2.75, 3.05) is 13.2 Å². The van der Waals surface area contributed by atoms with Crippen molar-refractivity contribution in [1.29, 1.82) is 0 Å². The lowest BCUT2D eigenvalue weighted by Gasteiger charge is -2.35. The predicted molar refractivity (Wildman–Crippen MR) is 99.5 cm³/mol. The highest BCUT2D eigenvalue weighted by molar-refractivity contribution is 5.88. The van der Waals surface area contributed by atoms with Gasteiger partial charge in [-0.2, -0.15) is 0 Å². The average Bonchev–Trinajstić information content (AvgIpc) is 2.59. The molecular weight excluding hydrogens is 314 g/mol. The number of rotatable bonds is 7. The number of ether oxygens (including phenoxy) is 1. The van der Waals surface area contributed by atoms with Crippen LogP contribution in [-0.4, -0.2) is 41.9 Å². The molecule has 0 aromatic heterocycles. The van der Waals surface area contributed by atoms with Gasteiger partial charge in [-0.3, -0.25) is 14.5 Å². The van der Waals surface area contributed by atoms with Crippen LogP contribution in [0.5, 0.6) is 0 Å². The molecule has 0 N–H and O–H groups in total. The molecule has 0 amide bonds. The van der Waals surface area contributed by atoms with E-state index in [2.05, 4.69) is 32.6 Å². The van der Waals surface area contributed by atoms with Crippen LogP contribution in [-0.2, 0) is 19.7 Å². The second-order valence-corrected chi connectivity index (χ2v) is 7.55. The summed E-state index contributed by atoms with van der Waals surface area (Å²) in [7, 11) is 0. The van der Waals surface area contributed by atoms with Gasteiger partial charge in [0.15, 0.2) is 0 Å². The van der Waals surface area contributed by atoms with Crippen LogP contribution in [0.15, 0.2) is 30.3 Å². The molecule has 0 atom stereocenters. The summed E-state index contributed by atoms with van der Waals surface area (Å²) in [5.41, 5.74) is 0.299. The van der Waals surface area contributed by atoms with Gasteiger partial charge in [0.05, 0.1) is 5.41 Å². The highest BCUT2D eigenvalue weighted by Crippen LogP contribution is 2.39. The lowest BCUT2D eigenvalue weighted by atomic mass is 9.69. The van der Waals surface area contributed by atoms with E-state index in [9.17, 15) is 9.59 Å². The Balaban J connectivity index is 2.08. The molecule has 4 nitrogen and oxygen atoms in total. The maximum Gasteiger partial charge on any atom is 0.316 e. The number of ketones is 1. The fraction of sp³-hybridized carbons (Fsp3) is 0.619. The maximum absolute atomic E-state index is 13.0. The maximum atomic E-state index is 13.0. The van der Waals surface area contributed by atoms with E-state index in [1.54, 1.807) is 0 Å². The zero-order valence-corrected chi connectivity index (χ0v) is 16.0. The van der Waals surface area contributed by atoms with Crippen molar-refractivity contribution in [1.82, 2.24) is 4.90 Å². The molecule has 1 aliphatic rings. The fourth-order valence-electron chi connectivity index (χ4n) is 3.82. The van der Waals surface area contributed by atoms with Crippen molar-refractivity contribution in [2.24, 2.45) is 0 Å². The van der Waals surface area contributed by atoms with Gasteiger partial charge in [0.1, 0.15) is 12.4 Å². The number of nitrogens with zero attached hydrogens (tertiary/aromatic N) is 1. The summed E-state index contributed by atoms with van der Waals surface area (Å²) in [6.07, 6.45) is 2.00. The van der Waals surface area contributed by atoms with E-state index in [1.807, 2.05) is 30.3 Å². The molecule has 0 bridgehead atoms. The second kappa shape index (κ2) is 8.61. The first-order chi connectivity index (χ1) is 11.9. The van der Waals surface area contributed by atoms with E-state index in [0.717, 1.165) is 12.1 Å². The third-order valence-corrected chi connectivity index (χ3v) is 5.29. The van der Waals surface area contributed by atoms with Crippen LogP contribution < -0.4 is 0 Å². The number of hydrogen-bond donors (Lipinski definition) is 0. The first-order valence-electron chi connectivity index (χ1n) is 9.37. The molecule has 4 heteroatoms. The molecule has 25 heavy (non-hydrogen) atoms. The van der Waals surface area contributed by atoms with Gasteiger partial charge in [0.2, 0.25) is 0 Å². The van der Waals surface area contributed by atoms with E-state index in [4.69, 9.17) is 4.74 Å². The highest BCUT2D eigenvalue weighted by atomic mass is 16.5. The SMILES string of the molecule is CC(C)N(CCOC(=O)C1(c2ccccc2)CCC(=O)CC1)C(C)C. The number of carbonyl (C=O) groups is 2. The summed E-state index contributed by atoms with van der Waals surface area (Å²) in [6, 6.07) is 10.6. The van der Waals surface area contributed by atoms with Gasteiger partial charge in [-0.05, 0) is 46.1 Å². The van der Waals surface area contributed by atoms with E-state index in [0.29, 0.717) is 44.4 Å². The molecule has 1 saturated carbocycles. The first kappa shape index (κ1) is 19.6. The largest absolute Gasteiger partial charge is 0.464 e. The van der Waals surface area contributed by atoms with E-state index in [1.165, 1.54) is 0 Å². The van der Waals surface area contributed by atoms with Gasteiger partial charge in [0, 0.05) is 31.5 Å². The molecule has 0 saturated heterocycles. The standard InChI is InChI=1S/C21H31NO3/c1-16(2)22(17(3)4)14-15-25-20(24)21(12-10-19(23)11-13-21)18-8-6-5-7-9-18/h5-9,16-17H,10-15H2,1-4H3. The van der Waals surface area contributed by atoms with Crippen molar-refractivity contribution in [2.45, 2.75) is 70.9 Å². The Morgan fingerprint density at radius 1 is 1.08 bits per heavy atom. The van der Waals surface area contributed by atoms with E-state index >= 15 is 0 Å². The quantitative estimate of drug-likeness (QED) is 0.707. The smallest absolute Gasteiger partial charge is 0.316 e. The Labute approximate surface area is 151 Å². The molecule has 1 aromatic rings. The van der Waals surface area contributed by atoms with E-state index in [-0.39, 0.29) is 11.8 Å². The number of carbonyl (C=O) groups excluding carboxylic acids is 2. The van der Waals surface area contributed by atoms with Gasteiger partial charge >= 0.3 is 5.97 Å². The lowest BCUT2D eigenvalue weighted by molar-refractivity contribution is -0.153. The molecule has 1 aliphatic carbocycles.